The molecule has 2 aliphatic heterocycles. The number of epoxide rings is 1. The highest BCUT2D eigenvalue weighted by Crippen LogP contribution is 2.72. The fourth-order valence-corrected chi connectivity index (χ4v) is 4.85. The lowest BCUT2D eigenvalue weighted by Crippen LogP contribution is -2.48. The van der Waals surface area contributed by atoms with Gasteiger partial charge < -0.3 is 4.74 Å². The van der Waals surface area contributed by atoms with Crippen LogP contribution in [0.25, 0.3) is 0 Å². The summed E-state index contributed by atoms with van der Waals surface area (Å²) in [7, 11) is 0. The quantitative estimate of drug-likeness (QED) is 0.249. The van der Waals surface area contributed by atoms with Crippen molar-refractivity contribution in [1.82, 2.24) is 5.01 Å². The molecule has 5 nitrogen and oxygen atoms in total. The molecule has 2 bridgehead atoms. The lowest BCUT2D eigenvalue weighted by molar-refractivity contribution is -0.140. The molecule has 0 unspecified atom stereocenters. The van der Waals surface area contributed by atoms with E-state index in [2.05, 4.69) is 0 Å². The van der Waals surface area contributed by atoms with E-state index in [9.17, 15) is 9.59 Å². The molecule has 4 aliphatic carbocycles. The van der Waals surface area contributed by atoms with Crippen molar-refractivity contribution in [3.8, 4) is 0 Å². The summed E-state index contributed by atoms with van der Waals surface area (Å²) in [5.74, 6) is 6.76. The van der Waals surface area contributed by atoms with E-state index in [1.165, 1.54) is 6.42 Å². The van der Waals surface area contributed by atoms with Crippen LogP contribution in [-0.2, 0) is 14.3 Å². The van der Waals surface area contributed by atoms with Crippen molar-refractivity contribution in [3.05, 3.63) is 0 Å². The molecule has 2 heterocycles. The monoisotopic (exact) mass is 220 g/mol. The van der Waals surface area contributed by atoms with Crippen molar-refractivity contribution in [1.29, 1.82) is 0 Å². The standard InChI is InChI=1S/C11H12N2O3/c12-13-10(14)6-4-2-1-3(2)5(7(6)11(13)15)9-8(4)16-9/h2-9H,1,12H2/t2-,3+,4-,5-,6-,7+,8-,9+/m1/s1. The first-order valence-electron chi connectivity index (χ1n) is 5.98. The number of rotatable bonds is 0. The van der Waals surface area contributed by atoms with Crippen LogP contribution in [0.1, 0.15) is 6.42 Å². The number of amides is 2. The van der Waals surface area contributed by atoms with E-state index in [-0.39, 0.29) is 47.7 Å². The summed E-state index contributed by atoms with van der Waals surface area (Å²) < 4.78 is 5.67. The highest BCUT2D eigenvalue weighted by molar-refractivity contribution is 6.05. The maximum Gasteiger partial charge on any atom is 0.247 e. The Labute approximate surface area is 91.9 Å². The molecule has 0 spiro atoms. The average molecular weight is 220 g/mol. The molecule has 0 aromatic carbocycles. The molecule has 5 heteroatoms. The number of imide groups is 1. The summed E-state index contributed by atoms with van der Waals surface area (Å²) in [6.07, 6.45) is 1.72. The summed E-state index contributed by atoms with van der Waals surface area (Å²) >= 11 is 0. The van der Waals surface area contributed by atoms with Gasteiger partial charge in [0.05, 0.1) is 24.0 Å². The van der Waals surface area contributed by atoms with Crippen LogP contribution in [-0.4, -0.2) is 29.0 Å². The lowest BCUT2D eigenvalue weighted by Gasteiger charge is -2.39. The number of nitrogens with two attached hydrogens (primary N) is 1. The Morgan fingerprint density at radius 2 is 1.56 bits per heavy atom. The molecule has 2 amide bonds. The third kappa shape index (κ3) is 0.627. The van der Waals surface area contributed by atoms with Gasteiger partial charge in [-0.05, 0) is 18.3 Å². The molecule has 6 fully saturated rings. The second-order valence-electron chi connectivity index (χ2n) is 5.88. The Hall–Kier alpha value is -0.940. The Morgan fingerprint density at radius 1 is 1.06 bits per heavy atom. The van der Waals surface area contributed by atoms with Gasteiger partial charge in [0.15, 0.2) is 0 Å². The van der Waals surface area contributed by atoms with E-state index < -0.39 is 0 Å². The largest absolute Gasteiger partial charge is 0.369 e. The van der Waals surface area contributed by atoms with Gasteiger partial charge in [-0.3, -0.25) is 9.59 Å². The Bertz CT molecular complexity index is 395. The smallest absolute Gasteiger partial charge is 0.247 e. The van der Waals surface area contributed by atoms with Crippen LogP contribution in [0.5, 0.6) is 0 Å². The van der Waals surface area contributed by atoms with Gasteiger partial charge in [-0.15, -0.1) is 0 Å². The maximum absolute atomic E-state index is 12.0. The van der Waals surface area contributed by atoms with Gasteiger partial charge in [0.1, 0.15) is 0 Å². The van der Waals surface area contributed by atoms with Gasteiger partial charge >= 0.3 is 0 Å². The van der Waals surface area contributed by atoms with E-state index >= 15 is 0 Å². The third-order valence-corrected chi connectivity index (χ3v) is 5.46. The molecule has 0 aromatic rings. The number of hydrazine groups is 1. The van der Waals surface area contributed by atoms with Gasteiger partial charge in [0.2, 0.25) is 11.8 Å². The summed E-state index contributed by atoms with van der Waals surface area (Å²) in [5, 5.41) is 0.866. The summed E-state index contributed by atoms with van der Waals surface area (Å²) in [6, 6.07) is 0. The van der Waals surface area contributed by atoms with Crippen molar-refractivity contribution in [3.63, 3.8) is 0 Å². The molecule has 16 heavy (non-hydrogen) atoms. The second kappa shape index (κ2) is 2.07. The first kappa shape index (κ1) is 8.20. The molecule has 2 N–H and O–H groups in total. The van der Waals surface area contributed by atoms with Crippen molar-refractivity contribution < 1.29 is 14.3 Å². The minimum absolute atomic E-state index is 0.157. The van der Waals surface area contributed by atoms with Crippen molar-refractivity contribution in [2.45, 2.75) is 18.6 Å². The van der Waals surface area contributed by atoms with E-state index in [0.29, 0.717) is 11.8 Å². The first-order chi connectivity index (χ1) is 7.70. The number of nitrogens with zero attached hydrogens (tertiary/aromatic N) is 1. The van der Waals surface area contributed by atoms with Crippen LogP contribution in [0.4, 0.5) is 0 Å². The number of hydrogen-bond donors (Lipinski definition) is 1. The van der Waals surface area contributed by atoms with E-state index in [0.717, 1.165) is 5.01 Å². The molecule has 6 rings (SSSR count). The van der Waals surface area contributed by atoms with Crippen LogP contribution < -0.4 is 5.84 Å². The van der Waals surface area contributed by atoms with Gasteiger partial charge in [0.25, 0.3) is 0 Å². The predicted octanol–water partition coefficient (Wildman–Crippen LogP) is -0.876. The zero-order chi connectivity index (χ0) is 10.8. The van der Waals surface area contributed by atoms with E-state index in [1.54, 1.807) is 0 Å². The Balaban J connectivity index is 1.70. The van der Waals surface area contributed by atoms with Gasteiger partial charge in [0, 0.05) is 11.8 Å². The number of ether oxygens (including phenoxy) is 1. The second-order valence-corrected chi connectivity index (χ2v) is 5.88. The average Bonchev–Trinajstić information content (AvgIpc) is 3.13. The van der Waals surface area contributed by atoms with Crippen molar-refractivity contribution in [2.75, 3.05) is 0 Å². The molecule has 84 valence electrons. The minimum Gasteiger partial charge on any atom is -0.369 e. The molecular formula is C11H12N2O3. The van der Waals surface area contributed by atoms with Crippen LogP contribution in [0.3, 0.4) is 0 Å². The molecule has 6 aliphatic rings. The van der Waals surface area contributed by atoms with Crippen molar-refractivity contribution >= 4 is 11.8 Å². The Kier molecular flexibility index (Phi) is 1.06. The van der Waals surface area contributed by atoms with Gasteiger partial charge in [-0.2, -0.15) is 0 Å². The predicted molar refractivity (Wildman–Crippen MR) is 50.3 cm³/mol. The summed E-state index contributed by atoms with van der Waals surface area (Å²) in [5.41, 5.74) is 0. The number of hydrogen-bond acceptors (Lipinski definition) is 4. The van der Waals surface area contributed by atoms with Gasteiger partial charge in [-0.1, -0.05) is 0 Å². The lowest BCUT2D eigenvalue weighted by atomic mass is 9.59. The third-order valence-electron chi connectivity index (χ3n) is 5.46. The first-order valence-corrected chi connectivity index (χ1v) is 5.98. The normalized spacial score (nSPS) is 64.2. The zero-order valence-electron chi connectivity index (χ0n) is 8.58. The van der Waals surface area contributed by atoms with Gasteiger partial charge in [-0.25, -0.2) is 10.9 Å². The van der Waals surface area contributed by atoms with Crippen LogP contribution >= 0.6 is 0 Å². The SMILES string of the molecule is NN1C(=O)[C@@H]2[C@H](C1=O)[C@H]1[C@@H]3C[C@@H]3[C@H]2[C@@H]2O[C@@H]21. The molecule has 8 atom stereocenters. The minimum atomic E-state index is -0.163. The maximum atomic E-state index is 12.0. The molecular weight excluding hydrogens is 208 g/mol. The zero-order valence-corrected chi connectivity index (χ0v) is 8.58. The fourth-order valence-electron chi connectivity index (χ4n) is 4.85. The topological polar surface area (TPSA) is 75.9 Å². The molecule has 0 aromatic heterocycles. The Morgan fingerprint density at radius 3 is 2.06 bits per heavy atom. The molecule has 4 saturated carbocycles. The van der Waals surface area contributed by atoms with E-state index in [1.807, 2.05) is 0 Å². The van der Waals surface area contributed by atoms with Crippen LogP contribution in [0.2, 0.25) is 0 Å². The van der Waals surface area contributed by atoms with Crippen LogP contribution in [0, 0.1) is 35.5 Å². The van der Waals surface area contributed by atoms with Crippen LogP contribution in [0.15, 0.2) is 0 Å². The summed E-state index contributed by atoms with van der Waals surface area (Å²) in [6.45, 7) is 0. The number of carbonyl (C=O) groups excluding carboxylic acids is 2. The summed E-state index contributed by atoms with van der Waals surface area (Å²) in [4.78, 5) is 24.0. The highest BCUT2D eigenvalue weighted by atomic mass is 16.6. The van der Waals surface area contributed by atoms with Crippen molar-refractivity contribution in [2.24, 2.45) is 41.4 Å². The van der Waals surface area contributed by atoms with E-state index in [4.69, 9.17) is 10.6 Å². The molecule has 2 saturated heterocycles. The highest BCUT2D eigenvalue weighted by Gasteiger charge is 2.79. The molecule has 0 radical (unpaired) electrons. The fraction of sp³-hybridized carbons (Fsp3) is 0.818. The number of carbonyl (C=O) groups is 2.